The number of pyridine rings is 1. The van der Waals surface area contributed by atoms with Gasteiger partial charge in [-0.05, 0) is 61.2 Å². The van der Waals surface area contributed by atoms with Crippen molar-refractivity contribution in [1.82, 2.24) is 9.71 Å². The van der Waals surface area contributed by atoms with E-state index in [0.717, 1.165) is 17.5 Å². The highest BCUT2D eigenvalue weighted by Gasteiger charge is 2.33. The van der Waals surface area contributed by atoms with E-state index in [1.807, 2.05) is 12.1 Å². The van der Waals surface area contributed by atoms with Crippen LogP contribution in [0, 0.1) is 19.8 Å². The van der Waals surface area contributed by atoms with Crippen LogP contribution in [0.25, 0.3) is 0 Å². The molecule has 3 rings (SSSR count). The van der Waals surface area contributed by atoms with Gasteiger partial charge in [-0.25, -0.2) is 13.1 Å². The second-order valence-electron chi connectivity index (χ2n) is 6.45. The van der Waals surface area contributed by atoms with Gasteiger partial charge < -0.3 is 4.74 Å². The van der Waals surface area contributed by atoms with E-state index in [9.17, 15) is 8.42 Å². The van der Waals surface area contributed by atoms with Gasteiger partial charge in [0.05, 0.1) is 24.2 Å². The van der Waals surface area contributed by atoms with E-state index < -0.39 is 10.0 Å². The van der Waals surface area contributed by atoms with Crippen LogP contribution >= 0.6 is 11.6 Å². The molecule has 1 N–H and O–H groups in total. The van der Waals surface area contributed by atoms with Crippen molar-refractivity contribution in [2.45, 2.75) is 31.2 Å². The maximum absolute atomic E-state index is 12.9. The molecule has 1 saturated heterocycles. The van der Waals surface area contributed by atoms with Gasteiger partial charge in [0.15, 0.2) is 0 Å². The molecule has 2 aromatic rings. The molecule has 2 atom stereocenters. The lowest BCUT2D eigenvalue weighted by Gasteiger charge is -2.20. The van der Waals surface area contributed by atoms with Crippen molar-refractivity contribution in [3.05, 3.63) is 58.4 Å². The number of nitrogens with one attached hydrogen (secondary N) is 1. The van der Waals surface area contributed by atoms with Crippen molar-refractivity contribution in [3.63, 3.8) is 0 Å². The fourth-order valence-electron chi connectivity index (χ4n) is 3.06. The first-order valence-corrected chi connectivity index (χ1v) is 9.98. The van der Waals surface area contributed by atoms with Gasteiger partial charge in [0.2, 0.25) is 10.0 Å². The Morgan fingerprint density at radius 1 is 1.20 bits per heavy atom. The summed E-state index contributed by atoms with van der Waals surface area (Å²) in [6.07, 6.45) is 4.22. The third-order valence-corrected chi connectivity index (χ3v) is 6.54. The lowest BCUT2D eigenvalue weighted by molar-refractivity contribution is 0.183. The van der Waals surface area contributed by atoms with Gasteiger partial charge in [0.25, 0.3) is 0 Å². The van der Waals surface area contributed by atoms with Gasteiger partial charge >= 0.3 is 0 Å². The normalized spacial score (nSPS) is 20.8. The average Bonchev–Trinajstić information content (AvgIpc) is 2.98. The quantitative estimate of drug-likeness (QED) is 0.866. The molecule has 2 heterocycles. The Bertz CT molecular complexity index is 856. The Labute approximate surface area is 153 Å². The number of aryl methyl sites for hydroxylation is 2. The number of sulfonamides is 1. The van der Waals surface area contributed by atoms with Crippen LogP contribution in [-0.4, -0.2) is 32.7 Å². The molecule has 0 amide bonds. The second-order valence-corrected chi connectivity index (χ2v) is 8.54. The van der Waals surface area contributed by atoms with Crippen LogP contribution in [0.4, 0.5) is 0 Å². The third kappa shape index (κ3) is 4.20. The number of hydrogen-bond donors (Lipinski definition) is 1. The number of rotatable bonds is 5. The highest BCUT2D eigenvalue weighted by atomic mass is 35.5. The zero-order chi connectivity index (χ0) is 18.0. The molecule has 134 valence electrons. The van der Waals surface area contributed by atoms with Crippen LogP contribution in [0.1, 0.15) is 16.7 Å². The molecule has 1 aromatic carbocycles. The molecule has 0 bridgehead atoms. The van der Waals surface area contributed by atoms with Gasteiger partial charge in [0, 0.05) is 23.3 Å². The molecule has 0 aliphatic carbocycles. The van der Waals surface area contributed by atoms with Crippen LogP contribution < -0.4 is 4.72 Å². The molecular weight excluding hydrogens is 360 g/mol. The van der Waals surface area contributed by atoms with Crippen molar-refractivity contribution in [1.29, 1.82) is 0 Å². The molecule has 7 heteroatoms. The van der Waals surface area contributed by atoms with Crippen LogP contribution in [-0.2, 0) is 21.2 Å². The van der Waals surface area contributed by atoms with E-state index >= 15 is 0 Å². The molecule has 0 unspecified atom stereocenters. The summed E-state index contributed by atoms with van der Waals surface area (Å²) in [5.74, 6) is 0.0888. The van der Waals surface area contributed by atoms with Crippen molar-refractivity contribution in [2.24, 2.45) is 5.92 Å². The highest BCUT2D eigenvalue weighted by molar-refractivity contribution is 7.89. The van der Waals surface area contributed by atoms with E-state index in [4.69, 9.17) is 16.3 Å². The minimum Gasteiger partial charge on any atom is -0.379 e. The summed E-state index contributed by atoms with van der Waals surface area (Å²) in [6.45, 7) is 4.46. The topological polar surface area (TPSA) is 68.3 Å². The lowest BCUT2D eigenvalue weighted by Crippen LogP contribution is -2.40. The van der Waals surface area contributed by atoms with Gasteiger partial charge in [-0.2, -0.15) is 0 Å². The van der Waals surface area contributed by atoms with Gasteiger partial charge in [0.1, 0.15) is 0 Å². The molecule has 1 aliphatic rings. The Morgan fingerprint density at radius 2 is 1.92 bits per heavy atom. The summed E-state index contributed by atoms with van der Waals surface area (Å²) in [7, 11) is -3.64. The third-order valence-electron chi connectivity index (χ3n) is 4.50. The molecule has 5 nitrogen and oxygen atoms in total. The number of hydrogen-bond acceptors (Lipinski definition) is 4. The number of aromatic nitrogens is 1. The molecule has 1 aromatic heterocycles. The van der Waals surface area contributed by atoms with Crippen LogP contribution in [0.5, 0.6) is 0 Å². The number of ether oxygens (including phenoxy) is 1. The van der Waals surface area contributed by atoms with Gasteiger partial charge in [-0.3, -0.25) is 4.98 Å². The van der Waals surface area contributed by atoms with E-state index in [-0.39, 0.29) is 16.9 Å². The molecule has 1 fully saturated rings. The molecule has 0 saturated carbocycles. The molecule has 25 heavy (non-hydrogen) atoms. The predicted molar refractivity (Wildman–Crippen MR) is 97.3 cm³/mol. The minimum atomic E-state index is -3.64. The lowest BCUT2D eigenvalue weighted by atomic mass is 9.96. The molecule has 1 aliphatic heterocycles. The first kappa shape index (κ1) is 18.3. The number of nitrogens with zero attached hydrogens (tertiary/aromatic N) is 1. The largest absolute Gasteiger partial charge is 0.379 e. The number of benzene rings is 1. The van der Waals surface area contributed by atoms with E-state index in [1.165, 1.54) is 0 Å². The van der Waals surface area contributed by atoms with Crippen molar-refractivity contribution < 1.29 is 13.2 Å². The average molecular weight is 381 g/mol. The van der Waals surface area contributed by atoms with E-state index in [0.29, 0.717) is 23.8 Å². The molecule has 0 spiro atoms. The van der Waals surface area contributed by atoms with Gasteiger partial charge in [-0.1, -0.05) is 11.6 Å². The molecular formula is C18H21ClN2O3S. The van der Waals surface area contributed by atoms with Crippen molar-refractivity contribution >= 4 is 21.6 Å². The van der Waals surface area contributed by atoms with Crippen molar-refractivity contribution in [3.8, 4) is 0 Å². The zero-order valence-electron chi connectivity index (χ0n) is 14.2. The first-order valence-electron chi connectivity index (χ1n) is 8.12. The summed E-state index contributed by atoms with van der Waals surface area (Å²) in [4.78, 5) is 4.28. The van der Waals surface area contributed by atoms with Crippen LogP contribution in [0.3, 0.4) is 0 Å². The highest BCUT2D eigenvalue weighted by Crippen LogP contribution is 2.26. The summed E-state index contributed by atoms with van der Waals surface area (Å²) in [5, 5.41) is 0.566. The standard InChI is InChI=1S/C18H21ClN2O3S/c1-12-8-18(13(2)7-16(12)19)25(22,23)21-17-11-24-10-15(17)9-14-3-5-20-6-4-14/h3-8,15,17,21H,9-11H2,1-2H3/t15-,17+/m1/s1. The number of halogens is 1. The smallest absolute Gasteiger partial charge is 0.241 e. The Kier molecular flexibility index (Phi) is 5.43. The Morgan fingerprint density at radius 3 is 2.64 bits per heavy atom. The maximum Gasteiger partial charge on any atom is 0.241 e. The Hall–Kier alpha value is -1.47. The van der Waals surface area contributed by atoms with Crippen LogP contribution in [0.15, 0.2) is 41.6 Å². The fourth-order valence-corrected chi connectivity index (χ4v) is 4.88. The Balaban J connectivity index is 1.79. The second kappa shape index (κ2) is 7.41. The van der Waals surface area contributed by atoms with Gasteiger partial charge in [-0.15, -0.1) is 0 Å². The maximum atomic E-state index is 12.9. The summed E-state index contributed by atoms with van der Waals surface area (Å²) in [6, 6.07) is 6.93. The SMILES string of the molecule is Cc1cc(S(=O)(=O)N[C@H]2COC[C@H]2Cc2ccncc2)c(C)cc1Cl. The van der Waals surface area contributed by atoms with Crippen molar-refractivity contribution in [2.75, 3.05) is 13.2 Å². The zero-order valence-corrected chi connectivity index (χ0v) is 15.8. The summed E-state index contributed by atoms with van der Waals surface area (Å²) < 4.78 is 34.1. The fraction of sp³-hybridized carbons (Fsp3) is 0.389. The van der Waals surface area contributed by atoms with Crippen LogP contribution in [0.2, 0.25) is 5.02 Å². The first-order chi connectivity index (χ1) is 11.9. The predicted octanol–water partition coefficient (Wildman–Crippen LogP) is 2.89. The summed E-state index contributed by atoms with van der Waals surface area (Å²) >= 11 is 6.08. The van der Waals surface area contributed by atoms with E-state index in [1.54, 1.807) is 38.4 Å². The van der Waals surface area contributed by atoms with E-state index in [2.05, 4.69) is 9.71 Å². The minimum absolute atomic E-state index is 0.0888. The summed E-state index contributed by atoms with van der Waals surface area (Å²) in [5.41, 5.74) is 2.49. The monoisotopic (exact) mass is 380 g/mol. The molecule has 0 radical (unpaired) electrons.